The fraction of sp³-hybridized carbons (Fsp3) is 0.583. The molecular weight excluding hydrogens is 653 g/mol. The van der Waals surface area contributed by atoms with Gasteiger partial charge in [-0.3, -0.25) is 0 Å². The molecule has 268 valence electrons. The van der Waals surface area contributed by atoms with Gasteiger partial charge in [0.15, 0.2) is 24.1 Å². The fourth-order valence-electron chi connectivity index (χ4n) is 5.38. The first kappa shape index (κ1) is 39.9. The number of rotatable bonds is 19. The summed E-state index contributed by atoms with van der Waals surface area (Å²) in [6.45, 7) is 12.2. The molecular formula is C36H54O10SSi. The van der Waals surface area contributed by atoms with Gasteiger partial charge in [-0.1, -0.05) is 50.0 Å². The smallest absolute Gasteiger partial charge is 0.342 e. The lowest BCUT2D eigenvalue weighted by molar-refractivity contribution is -0.152. The predicted octanol–water partition coefficient (Wildman–Crippen LogP) is 7.00. The quantitative estimate of drug-likeness (QED) is 0.0516. The average molecular weight is 707 g/mol. The van der Waals surface area contributed by atoms with Crippen molar-refractivity contribution in [1.29, 1.82) is 0 Å². The molecule has 2 N–H and O–H groups in total. The lowest BCUT2D eigenvalue weighted by atomic mass is 9.95. The minimum absolute atomic E-state index is 0.126. The van der Waals surface area contributed by atoms with Crippen LogP contribution in [0.15, 0.2) is 53.4 Å². The Morgan fingerprint density at radius 2 is 1.77 bits per heavy atom. The molecule has 0 radical (unpaired) electrons. The maximum atomic E-state index is 14.1. The van der Waals surface area contributed by atoms with Crippen molar-refractivity contribution >= 4 is 25.8 Å². The Morgan fingerprint density at radius 1 is 1.06 bits per heavy atom. The molecule has 0 amide bonds. The molecule has 0 bridgehead atoms. The topological polar surface area (TPSA) is 122 Å². The van der Waals surface area contributed by atoms with Crippen LogP contribution in [0.2, 0.25) is 25.7 Å². The molecule has 2 aromatic rings. The Morgan fingerprint density at radius 3 is 2.38 bits per heavy atom. The average Bonchev–Trinajstić information content (AvgIpc) is 3.34. The minimum atomic E-state index is -1.49. The van der Waals surface area contributed by atoms with Crippen molar-refractivity contribution < 1.29 is 48.2 Å². The van der Waals surface area contributed by atoms with E-state index in [0.717, 1.165) is 10.9 Å². The van der Waals surface area contributed by atoms with E-state index in [0.29, 0.717) is 30.6 Å². The molecule has 2 aromatic carbocycles. The zero-order chi connectivity index (χ0) is 35.5. The summed E-state index contributed by atoms with van der Waals surface area (Å²) in [6, 6.07) is 12.5. The predicted molar refractivity (Wildman–Crippen MR) is 190 cm³/mol. The number of ether oxygens (including phenoxy) is 7. The minimum Gasteiger partial charge on any atom is -0.493 e. The number of thioether (sulfide) groups is 1. The molecule has 0 spiro atoms. The van der Waals surface area contributed by atoms with Gasteiger partial charge in [-0.2, -0.15) is 0 Å². The van der Waals surface area contributed by atoms with E-state index in [1.807, 2.05) is 50.2 Å². The maximum Gasteiger partial charge on any atom is 0.342 e. The van der Waals surface area contributed by atoms with Gasteiger partial charge in [0.05, 0.1) is 33.0 Å². The van der Waals surface area contributed by atoms with E-state index in [1.54, 1.807) is 30.8 Å². The van der Waals surface area contributed by atoms with Gasteiger partial charge in [0, 0.05) is 25.3 Å². The molecule has 1 aliphatic heterocycles. The molecule has 1 heterocycles. The Bertz CT molecular complexity index is 1330. The fourth-order valence-corrected chi connectivity index (χ4v) is 7.30. The normalized spacial score (nSPS) is 19.6. The highest BCUT2D eigenvalue weighted by Crippen LogP contribution is 2.50. The van der Waals surface area contributed by atoms with E-state index in [4.69, 9.17) is 33.2 Å². The van der Waals surface area contributed by atoms with Crippen LogP contribution < -0.4 is 14.2 Å². The number of carbonyl (C=O) groups is 1. The van der Waals surface area contributed by atoms with Gasteiger partial charge in [-0.15, -0.1) is 11.8 Å². The first-order valence-corrected chi connectivity index (χ1v) is 21.0. The van der Waals surface area contributed by atoms with Crippen LogP contribution in [-0.4, -0.2) is 89.2 Å². The van der Waals surface area contributed by atoms with E-state index in [2.05, 4.69) is 19.6 Å². The largest absolute Gasteiger partial charge is 0.493 e. The maximum absolute atomic E-state index is 14.1. The van der Waals surface area contributed by atoms with Crippen LogP contribution in [0.5, 0.6) is 17.2 Å². The van der Waals surface area contributed by atoms with E-state index < -0.39 is 44.2 Å². The van der Waals surface area contributed by atoms with Crippen molar-refractivity contribution in [2.45, 2.75) is 106 Å². The number of hydrogen-bond acceptors (Lipinski definition) is 11. The van der Waals surface area contributed by atoms with E-state index >= 15 is 0 Å². The SMILES string of the molecule is COCOc1c(OC)c(OC)cc(C(CC[C@@H]2OC(C)(C)O[C@@H]2C(O)/C=C\C[C@H](C)O)Sc2ccccc2)c1C(=O)OCC[Si](C)(C)C. The van der Waals surface area contributed by atoms with Gasteiger partial charge in [0.25, 0.3) is 0 Å². The number of methoxy groups -OCH3 is 3. The zero-order valence-corrected chi connectivity index (χ0v) is 31.6. The molecule has 1 fully saturated rings. The van der Waals surface area contributed by atoms with Crippen LogP contribution in [0.3, 0.4) is 0 Å². The molecule has 3 rings (SSSR count). The molecule has 0 saturated carbocycles. The molecule has 5 atom stereocenters. The Kier molecular flexibility index (Phi) is 15.3. The Labute approximate surface area is 291 Å². The van der Waals surface area contributed by atoms with Gasteiger partial charge in [-0.25, -0.2) is 4.79 Å². The first-order chi connectivity index (χ1) is 22.7. The summed E-state index contributed by atoms with van der Waals surface area (Å²) in [5.41, 5.74) is 0.896. The van der Waals surface area contributed by atoms with Gasteiger partial charge in [0.1, 0.15) is 17.8 Å². The van der Waals surface area contributed by atoms with Gasteiger partial charge in [-0.05, 0) is 69.8 Å². The van der Waals surface area contributed by atoms with Crippen molar-refractivity contribution in [2.24, 2.45) is 0 Å². The highest BCUT2D eigenvalue weighted by atomic mass is 32.2. The number of aliphatic hydroxyl groups is 2. The first-order valence-electron chi connectivity index (χ1n) is 16.4. The standard InChI is InChI=1S/C36H54O10SSi/c1-24(37)14-13-17-27(38)32-28(45-36(2,3)46-32)18-19-30(47-25-15-11-10-12-16-25)26-22-29(41-5)33(42-6)34(44-23-40-4)31(26)35(39)43-20-21-48(7,8)9/h10-13,15-17,22,24,27-28,30,32,37-38H,14,18-21,23H2,1-9H3/b17-13-/t24-,27?,28-,30?,32+/m0/s1. The Balaban J connectivity index is 2.09. The summed E-state index contributed by atoms with van der Waals surface area (Å²) >= 11 is 1.59. The molecule has 48 heavy (non-hydrogen) atoms. The van der Waals surface area contributed by atoms with Crippen LogP contribution in [0, 0.1) is 0 Å². The van der Waals surface area contributed by atoms with Crippen molar-refractivity contribution in [3.8, 4) is 17.2 Å². The van der Waals surface area contributed by atoms with Gasteiger partial charge in [0.2, 0.25) is 5.75 Å². The number of benzene rings is 2. The van der Waals surface area contributed by atoms with Crippen LogP contribution in [0.4, 0.5) is 0 Å². The summed E-state index contributed by atoms with van der Waals surface area (Å²) < 4.78 is 41.2. The summed E-state index contributed by atoms with van der Waals surface area (Å²) in [4.78, 5) is 15.1. The molecule has 0 aliphatic carbocycles. The van der Waals surface area contributed by atoms with E-state index in [9.17, 15) is 15.0 Å². The second kappa shape index (κ2) is 18.4. The third kappa shape index (κ3) is 11.8. The molecule has 2 unspecified atom stereocenters. The van der Waals surface area contributed by atoms with Crippen LogP contribution >= 0.6 is 11.8 Å². The van der Waals surface area contributed by atoms with E-state index in [-0.39, 0.29) is 35.7 Å². The third-order valence-electron chi connectivity index (χ3n) is 7.72. The summed E-state index contributed by atoms with van der Waals surface area (Å²) in [7, 11) is 3.05. The highest BCUT2D eigenvalue weighted by molar-refractivity contribution is 7.99. The van der Waals surface area contributed by atoms with Crippen LogP contribution in [0.25, 0.3) is 0 Å². The number of esters is 1. The van der Waals surface area contributed by atoms with Crippen molar-refractivity contribution in [1.82, 2.24) is 0 Å². The zero-order valence-electron chi connectivity index (χ0n) is 29.8. The monoisotopic (exact) mass is 706 g/mol. The lowest BCUT2D eigenvalue weighted by Gasteiger charge is -2.26. The van der Waals surface area contributed by atoms with Crippen molar-refractivity contribution in [3.63, 3.8) is 0 Å². The summed E-state index contributed by atoms with van der Waals surface area (Å²) in [5, 5.41) is 20.4. The molecule has 10 nitrogen and oxygen atoms in total. The summed E-state index contributed by atoms with van der Waals surface area (Å²) in [5.74, 6) is -0.586. The molecule has 1 aliphatic rings. The number of aliphatic hydroxyl groups excluding tert-OH is 2. The lowest BCUT2D eigenvalue weighted by Crippen LogP contribution is -2.34. The number of carbonyl (C=O) groups excluding carboxylic acids is 1. The van der Waals surface area contributed by atoms with Crippen LogP contribution in [-0.2, 0) is 18.9 Å². The van der Waals surface area contributed by atoms with Gasteiger partial charge >= 0.3 is 5.97 Å². The molecule has 12 heteroatoms. The number of hydrogen-bond donors (Lipinski definition) is 2. The molecule has 0 aromatic heterocycles. The van der Waals surface area contributed by atoms with Crippen molar-refractivity contribution in [3.05, 3.63) is 59.7 Å². The Hall–Kier alpha value is -2.58. The highest BCUT2D eigenvalue weighted by Gasteiger charge is 2.44. The molecule has 1 saturated heterocycles. The second-order valence-corrected chi connectivity index (χ2v) is 20.4. The summed E-state index contributed by atoms with van der Waals surface area (Å²) in [6.07, 6.45) is 2.28. The van der Waals surface area contributed by atoms with E-state index in [1.165, 1.54) is 21.3 Å². The van der Waals surface area contributed by atoms with Crippen molar-refractivity contribution in [2.75, 3.05) is 34.7 Å². The third-order valence-corrected chi connectivity index (χ3v) is 10.7. The second-order valence-electron chi connectivity index (χ2n) is 13.5. The van der Waals surface area contributed by atoms with Crippen LogP contribution in [0.1, 0.15) is 61.2 Å². The van der Waals surface area contributed by atoms with Gasteiger partial charge < -0.3 is 43.4 Å².